The van der Waals surface area contributed by atoms with Gasteiger partial charge in [0.05, 0.1) is 28.7 Å². The number of rotatable bonds is 8. The zero-order chi connectivity index (χ0) is 37.2. The third kappa shape index (κ3) is 5.91. The van der Waals surface area contributed by atoms with Gasteiger partial charge in [-0.2, -0.15) is 13.2 Å². The van der Waals surface area contributed by atoms with Crippen molar-refractivity contribution in [3.63, 3.8) is 0 Å². The van der Waals surface area contributed by atoms with E-state index in [2.05, 4.69) is 30.2 Å². The van der Waals surface area contributed by atoms with Gasteiger partial charge in [-0.3, -0.25) is 9.78 Å². The van der Waals surface area contributed by atoms with E-state index in [1.165, 1.54) is 6.07 Å². The predicted molar refractivity (Wildman–Crippen MR) is 192 cm³/mol. The molecule has 4 saturated carbocycles. The van der Waals surface area contributed by atoms with Gasteiger partial charge >= 0.3 is 12.1 Å². The standard InChI is InChI=1S/C40H38F3N7O4/c41-40(42,43)35-31(36(51)48-39(37(52)53)25-16-23-15-24(18-25)19-26(39)17-23)6-7-33(47-35)32-22-50(27-3-1-10-44-21-27)34-20-29(4-5-30(32)34)54-28-8-13-49(14-9-28)38-45-11-2-12-46-38/h1-7,10-12,20-26,28H,8-9,13-19H2,(H,48,51)(H,52,53). The number of piperidine rings is 1. The number of carboxylic acid groups (broad SMARTS) is 1. The molecule has 0 radical (unpaired) electrons. The van der Waals surface area contributed by atoms with E-state index in [0.29, 0.717) is 71.4 Å². The Hall–Kier alpha value is -5.53. The van der Waals surface area contributed by atoms with E-state index in [9.17, 15) is 27.9 Å². The van der Waals surface area contributed by atoms with Crippen LogP contribution in [-0.4, -0.2) is 66.2 Å². The van der Waals surface area contributed by atoms with Gasteiger partial charge in [-0.1, -0.05) is 0 Å². The number of ether oxygens (including phenoxy) is 1. The quantitative estimate of drug-likeness (QED) is 0.173. The lowest BCUT2D eigenvalue weighted by Gasteiger charge is -2.59. The number of pyridine rings is 2. The van der Waals surface area contributed by atoms with Crippen molar-refractivity contribution in [2.24, 2.45) is 23.7 Å². The largest absolute Gasteiger partial charge is 0.490 e. The van der Waals surface area contributed by atoms with Crippen molar-refractivity contribution in [2.45, 2.75) is 62.8 Å². The zero-order valence-electron chi connectivity index (χ0n) is 29.2. The summed E-state index contributed by atoms with van der Waals surface area (Å²) in [5.41, 5.74) is -1.88. The van der Waals surface area contributed by atoms with Crippen molar-refractivity contribution in [3.05, 3.63) is 90.8 Å². The molecule has 54 heavy (non-hydrogen) atoms. The molecule has 14 heteroatoms. The molecule has 1 aliphatic heterocycles. The minimum absolute atomic E-state index is 0.0123. The monoisotopic (exact) mass is 737 g/mol. The molecule has 5 aromatic rings. The number of carbonyl (C=O) groups excluding carboxylic acids is 1. The van der Waals surface area contributed by atoms with Crippen molar-refractivity contribution < 1.29 is 32.6 Å². The molecule has 11 nitrogen and oxygen atoms in total. The SMILES string of the molecule is O=C(NC1(C(=O)O)C2CC3CC(C2)CC1C3)c1ccc(-c2cn(-c3cccnc3)c3cc(OC4CCN(c5ncccn5)CC4)ccc23)nc1C(F)(F)F. The summed E-state index contributed by atoms with van der Waals surface area (Å²) in [6.45, 7) is 1.46. The third-order valence-electron chi connectivity index (χ3n) is 12.1. The predicted octanol–water partition coefficient (Wildman–Crippen LogP) is 6.95. The first-order valence-corrected chi connectivity index (χ1v) is 18.5. The van der Waals surface area contributed by atoms with Crippen LogP contribution in [0.3, 0.4) is 0 Å². The highest BCUT2D eigenvalue weighted by molar-refractivity contribution is 6.01. The molecule has 4 bridgehead atoms. The zero-order valence-corrected chi connectivity index (χ0v) is 29.2. The lowest BCUT2D eigenvalue weighted by atomic mass is 9.48. The second kappa shape index (κ2) is 13.1. The first-order valence-electron chi connectivity index (χ1n) is 18.5. The summed E-state index contributed by atoms with van der Waals surface area (Å²) in [7, 11) is 0. The number of nitrogens with one attached hydrogen (secondary N) is 1. The molecule has 0 spiro atoms. The minimum Gasteiger partial charge on any atom is -0.490 e. The van der Waals surface area contributed by atoms with E-state index in [0.717, 1.165) is 38.4 Å². The van der Waals surface area contributed by atoms with Crippen LogP contribution in [0.25, 0.3) is 27.8 Å². The van der Waals surface area contributed by atoms with Crippen molar-refractivity contribution >= 4 is 28.7 Å². The van der Waals surface area contributed by atoms with Crippen LogP contribution in [0.4, 0.5) is 19.1 Å². The molecule has 5 aliphatic rings. The van der Waals surface area contributed by atoms with E-state index in [-0.39, 0.29) is 23.6 Å². The lowest BCUT2D eigenvalue weighted by Crippen LogP contribution is -2.70. The number of halogens is 3. The normalized spacial score (nSPS) is 25.2. The molecule has 5 fully saturated rings. The van der Waals surface area contributed by atoms with E-state index < -0.39 is 34.8 Å². The molecule has 10 rings (SSSR count). The number of hydrogen-bond acceptors (Lipinski definition) is 8. The fraction of sp³-hybridized carbons (Fsp3) is 0.400. The Morgan fingerprint density at radius 3 is 2.28 bits per heavy atom. The van der Waals surface area contributed by atoms with Crippen LogP contribution in [-0.2, 0) is 11.0 Å². The Morgan fingerprint density at radius 2 is 1.63 bits per heavy atom. The lowest BCUT2D eigenvalue weighted by molar-refractivity contribution is -0.163. The highest BCUT2D eigenvalue weighted by Crippen LogP contribution is 2.58. The smallest absolute Gasteiger partial charge is 0.434 e. The first-order chi connectivity index (χ1) is 26.1. The maximum Gasteiger partial charge on any atom is 0.434 e. The molecule has 278 valence electrons. The van der Waals surface area contributed by atoms with Gasteiger partial charge in [-0.15, -0.1) is 0 Å². The van der Waals surface area contributed by atoms with E-state index in [1.807, 2.05) is 16.7 Å². The van der Waals surface area contributed by atoms with Gasteiger partial charge < -0.3 is 24.6 Å². The van der Waals surface area contributed by atoms with Crippen LogP contribution in [0.15, 0.2) is 79.5 Å². The number of nitrogens with zero attached hydrogens (tertiary/aromatic N) is 6. The highest BCUT2D eigenvalue weighted by Gasteiger charge is 2.62. The highest BCUT2D eigenvalue weighted by atomic mass is 19.4. The fourth-order valence-electron chi connectivity index (χ4n) is 9.81. The first kappa shape index (κ1) is 34.3. The number of fused-ring (bicyclic) bond motifs is 1. The van der Waals surface area contributed by atoms with Gasteiger partial charge in [-0.25, -0.2) is 19.7 Å². The molecule has 0 atom stereocenters. The Balaban J connectivity index is 1.04. The average Bonchev–Trinajstić information content (AvgIpc) is 3.55. The van der Waals surface area contributed by atoms with Gasteiger partial charge in [0.15, 0.2) is 5.69 Å². The van der Waals surface area contributed by atoms with Crippen molar-refractivity contribution in [2.75, 3.05) is 18.0 Å². The van der Waals surface area contributed by atoms with Crippen LogP contribution in [0.1, 0.15) is 61.0 Å². The van der Waals surface area contributed by atoms with Gasteiger partial charge in [0.2, 0.25) is 5.95 Å². The summed E-state index contributed by atoms with van der Waals surface area (Å²) >= 11 is 0. The van der Waals surface area contributed by atoms with Gasteiger partial charge in [0.25, 0.3) is 5.91 Å². The number of aliphatic carboxylic acids is 1. The van der Waals surface area contributed by atoms with Crippen LogP contribution in [0, 0.1) is 23.7 Å². The minimum atomic E-state index is -4.99. The second-order valence-corrected chi connectivity index (χ2v) is 15.2. The number of hydrogen-bond donors (Lipinski definition) is 2. The number of amides is 1. The van der Waals surface area contributed by atoms with Gasteiger partial charge in [-0.05, 0) is 98.2 Å². The van der Waals surface area contributed by atoms with Gasteiger partial charge in [0, 0.05) is 67.7 Å². The van der Waals surface area contributed by atoms with E-state index in [4.69, 9.17) is 4.74 Å². The molecule has 4 aliphatic carbocycles. The Bertz CT molecular complexity index is 2190. The number of carbonyl (C=O) groups is 2. The Morgan fingerprint density at radius 1 is 0.907 bits per heavy atom. The summed E-state index contributed by atoms with van der Waals surface area (Å²) in [5, 5.41) is 13.8. The average molecular weight is 738 g/mol. The summed E-state index contributed by atoms with van der Waals surface area (Å²) in [6.07, 6.45) is 8.56. The molecule has 1 amide bonds. The molecular formula is C40H38F3N7O4. The molecule has 4 aromatic heterocycles. The molecule has 5 heterocycles. The number of anilines is 1. The Labute approximate surface area is 308 Å². The van der Waals surface area contributed by atoms with Crippen molar-refractivity contribution in [3.8, 4) is 22.7 Å². The number of carboxylic acids is 1. The van der Waals surface area contributed by atoms with Crippen LogP contribution in [0.2, 0.25) is 0 Å². The maximum atomic E-state index is 14.8. The van der Waals surface area contributed by atoms with Crippen molar-refractivity contribution in [1.82, 2.24) is 29.8 Å². The van der Waals surface area contributed by atoms with Gasteiger partial charge in [0.1, 0.15) is 17.4 Å². The number of benzene rings is 1. The van der Waals surface area contributed by atoms with Crippen LogP contribution >= 0.6 is 0 Å². The summed E-state index contributed by atoms with van der Waals surface area (Å²) < 4.78 is 52.7. The number of aromatic nitrogens is 5. The third-order valence-corrected chi connectivity index (χ3v) is 12.1. The fourth-order valence-corrected chi connectivity index (χ4v) is 9.81. The van der Waals surface area contributed by atoms with Crippen LogP contribution in [0.5, 0.6) is 5.75 Å². The topological polar surface area (TPSA) is 135 Å². The van der Waals surface area contributed by atoms with Crippen molar-refractivity contribution in [1.29, 1.82) is 0 Å². The van der Waals surface area contributed by atoms with Crippen LogP contribution < -0.4 is 15.0 Å². The van der Waals surface area contributed by atoms with E-state index >= 15 is 0 Å². The second-order valence-electron chi connectivity index (χ2n) is 15.2. The Kier molecular flexibility index (Phi) is 8.31. The molecular weight excluding hydrogens is 699 g/mol. The molecule has 2 N–H and O–H groups in total. The molecule has 1 aromatic carbocycles. The maximum absolute atomic E-state index is 14.8. The number of alkyl halides is 3. The summed E-state index contributed by atoms with van der Waals surface area (Å²) in [5.74, 6) is -0.800. The molecule has 0 unspecified atom stereocenters. The summed E-state index contributed by atoms with van der Waals surface area (Å²) in [4.78, 5) is 45.8. The van der Waals surface area contributed by atoms with E-state index in [1.54, 1.807) is 55.2 Å². The molecule has 1 saturated heterocycles. The summed E-state index contributed by atoms with van der Waals surface area (Å²) in [6, 6.07) is 13.4.